The molecule has 2 saturated heterocycles. The van der Waals surface area contributed by atoms with Gasteiger partial charge in [0.1, 0.15) is 0 Å². The molecule has 1 atom stereocenters. The number of nitrogens with zero attached hydrogens (tertiary/aromatic N) is 2. The molecular formula is C17H34Cl2N4O. The van der Waals surface area contributed by atoms with E-state index in [2.05, 4.69) is 29.0 Å². The minimum atomic E-state index is 0. The van der Waals surface area contributed by atoms with Gasteiger partial charge >= 0.3 is 0 Å². The molecule has 2 aliphatic heterocycles. The number of hydrogen-bond acceptors (Lipinski definition) is 4. The van der Waals surface area contributed by atoms with E-state index >= 15 is 0 Å². The van der Waals surface area contributed by atoms with Crippen molar-refractivity contribution in [2.24, 2.45) is 11.1 Å². The van der Waals surface area contributed by atoms with Gasteiger partial charge in [0.05, 0.1) is 6.54 Å². The number of likely N-dealkylation sites (tertiary alicyclic amines) is 2. The zero-order valence-corrected chi connectivity index (χ0v) is 16.6. The van der Waals surface area contributed by atoms with Gasteiger partial charge in [0.2, 0.25) is 5.91 Å². The average molecular weight is 381 g/mol. The standard InChI is InChI=1S/C17H32N4O.2ClH/c1-17(2)12-20(8-7-15(17)18)11-16(22)19-13-5-9-21(10-6-13)14-3-4-14;;/h13-15H,3-12,18H2,1-2H3,(H,19,22);2*1H. The van der Waals surface area contributed by atoms with E-state index in [4.69, 9.17) is 5.73 Å². The van der Waals surface area contributed by atoms with Gasteiger partial charge in [-0.05, 0) is 37.5 Å². The number of piperidine rings is 2. The fourth-order valence-corrected chi connectivity index (χ4v) is 3.95. The van der Waals surface area contributed by atoms with Crippen molar-refractivity contribution < 1.29 is 4.79 Å². The Balaban J connectivity index is 0.00000144. The molecule has 0 spiro atoms. The van der Waals surface area contributed by atoms with Crippen LogP contribution in [0.3, 0.4) is 0 Å². The number of carbonyl (C=O) groups is 1. The third-order valence-electron chi connectivity index (χ3n) is 5.72. The third-order valence-corrected chi connectivity index (χ3v) is 5.72. The quantitative estimate of drug-likeness (QED) is 0.777. The summed E-state index contributed by atoms with van der Waals surface area (Å²) in [5.41, 5.74) is 6.27. The number of halogens is 2. The van der Waals surface area contributed by atoms with Gasteiger partial charge in [-0.1, -0.05) is 13.8 Å². The van der Waals surface area contributed by atoms with Crippen LogP contribution in [0.25, 0.3) is 0 Å². The highest BCUT2D eigenvalue weighted by Crippen LogP contribution is 2.29. The fourth-order valence-electron chi connectivity index (χ4n) is 3.95. The zero-order chi connectivity index (χ0) is 15.7. The maximum atomic E-state index is 12.3. The molecule has 142 valence electrons. The van der Waals surface area contributed by atoms with E-state index in [1.807, 2.05) is 0 Å². The van der Waals surface area contributed by atoms with Crippen LogP contribution >= 0.6 is 24.8 Å². The number of nitrogens with two attached hydrogens (primary N) is 1. The molecule has 3 fully saturated rings. The molecule has 3 aliphatic rings. The van der Waals surface area contributed by atoms with Gasteiger partial charge in [0.25, 0.3) is 0 Å². The fraction of sp³-hybridized carbons (Fsp3) is 0.941. The summed E-state index contributed by atoms with van der Waals surface area (Å²) in [5.74, 6) is 0.191. The topological polar surface area (TPSA) is 61.6 Å². The summed E-state index contributed by atoms with van der Waals surface area (Å²) in [6, 6.07) is 1.48. The van der Waals surface area contributed by atoms with Crippen LogP contribution in [-0.4, -0.2) is 66.6 Å². The molecule has 5 nitrogen and oxygen atoms in total. The van der Waals surface area contributed by atoms with Crippen molar-refractivity contribution in [1.29, 1.82) is 0 Å². The summed E-state index contributed by atoms with van der Waals surface area (Å²) in [6.07, 6.45) is 5.96. The highest BCUT2D eigenvalue weighted by atomic mass is 35.5. The molecule has 0 bridgehead atoms. The monoisotopic (exact) mass is 380 g/mol. The second kappa shape index (κ2) is 9.04. The first-order valence-corrected chi connectivity index (χ1v) is 8.95. The lowest BCUT2D eigenvalue weighted by Crippen LogP contribution is -2.55. The average Bonchev–Trinajstić information content (AvgIpc) is 3.28. The van der Waals surface area contributed by atoms with Crippen LogP contribution in [0.4, 0.5) is 0 Å². The molecule has 1 aliphatic carbocycles. The van der Waals surface area contributed by atoms with E-state index in [1.165, 1.54) is 12.8 Å². The molecule has 0 radical (unpaired) electrons. The molecular weight excluding hydrogens is 347 g/mol. The molecule has 7 heteroatoms. The molecule has 0 aromatic carbocycles. The van der Waals surface area contributed by atoms with Crippen LogP contribution in [0.2, 0.25) is 0 Å². The first kappa shape index (κ1) is 22.0. The predicted molar refractivity (Wildman–Crippen MR) is 103 cm³/mol. The lowest BCUT2D eigenvalue weighted by atomic mass is 9.80. The Morgan fingerprint density at radius 2 is 1.71 bits per heavy atom. The molecule has 3 N–H and O–H groups in total. The van der Waals surface area contributed by atoms with Crippen molar-refractivity contribution in [3.8, 4) is 0 Å². The van der Waals surface area contributed by atoms with E-state index < -0.39 is 0 Å². The first-order chi connectivity index (χ1) is 10.4. The maximum absolute atomic E-state index is 12.3. The van der Waals surface area contributed by atoms with Gasteiger partial charge in [-0.2, -0.15) is 0 Å². The van der Waals surface area contributed by atoms with Crippen LogP contribution in [-0.2, 0) is 4.79 Å². The number of hydrogen-bond donors (Lipinski definition) is 2. The summed E-state index contributed by atoms with van der Waals surface area (Å²) in [6.45, 7) is 9.10. The molecule has 1 saturated carbocycles. The van der Waals surface area contributed by atoms with Gasteiger partial charge < -0.3 is 16.0 Å². The van der Waals surface area contributed by atoms with Gasteiger partial charge in [-0.25, -0.2) is 0 Å². The molecule has 1 unspecified atom stereocenters. The highest BCUT2D eigenvalue weighted by molar-refractivity contribution is 5.85. The maximum Gasteiger partial charge on any atom is 0.234 e. The Labute approximate surface area is 158 Å². The van der Waals surface area contributed by atoms with Crippen molar-refractivity contribution >= 4 is 30.7 Å². The lowest BCUT2D eigenvalue weighted by Gasteiger charge is -2.42. The lowest BCUT2D eigenvalue weighted by molar-refractivity contribution is -0.124. The summed E-state index contributed by atoms with van der Waals surface area (Å²) in [4.78, 5) is 17.2. The summed E-state index contributed by atoms with van der Waals surface area (Å²) in [7, 11) is 0. The Hall–Kier alpha value is -0.0700. The van der Waals surface area contributed by atoms with Crippen molar-refractivity contribution in [3.63, 3.8) is 0 Å². The van der Waals surface area contributed by atoms with Gasteiger partial charge in [0.15, 0.2) is 0 Å². The van der Waals surface area contributed by atoms with Crippen LogP contribution < -0.4 is 11.1 Å². The molecule has 3 rings (SSSR count). The van der Waals surface area contributed by atoms with Gasteiger partial charge in [0, 0.05) is 44.3 Å². The van der Waals surface area contributed by atoms with Crippen molar-refractivity contribution in [1.82, 2.24) is 15.1 Å². The second-order valence-electron chi connectivity index (χ2n) is 8.20. The van der Waals surface area contributed by atoms with Crippen LogP contribution in [0.5, 0.6) is 0 Å². The highest BCUT2D eigenvalue weighted by Gasteiger charge is 2.35. The van der Waals surface area contributed by atoms with Crippen LogP contribution in [0.1, 0.15) is 46.0 Å². The SMILES string of the molecule is CC1(C)CN(CC(=O)NC2CCN(C3CC3)CC2)CCC1N.Cl.Cl. The Morgan fingerprint density at radius 3 is 2.25 bits per heavy atom. The first-order valence-electron chi connectivity index (χ1n) is 8.95. The molecule has 0 aromatic heterocycles. The smallest absolute Gasteiger partial charge is 0.234 e. The molecule has 2 heterocycles. The summed E-state index contributed by atoms with van der Waals surface area (Å²) < 4.78 is 0. The van der Waals surface area contributed by atoms with Crippen LogP contribution in [0, 0.1) is 5.41 Å². The van der Waals surface area contributed by atoms with Crippen molar-refractivity contribution in [3.05, 3.63) is 0 Å². The third kappa shape index (κ3) is 5.73. The van der Waals surface area contributed by atoms with E-state index in [-0.39, 0.29) is 42.2 Å². The summed E-state index contributed by atoms with van der Waals surface area (Å²) >= 11 is 0. The van der Waals surface area contributed by atoms with Crippen LogP contribution in [0.15, 0.2) is 0 Å². The van der Waals surface area contributed by atoms with E-state index in [1.54, 1.807) is 0 Å². The largest absolute Gasteiger partial charge is 0.352 e. The minimum absolute atomic E-state index is 0. The van der Waals surface area contributed by atoms with Gasteiger partial charge in [-0.3, -0.25) is 9.69 Å². The van der Waals surface area contributed by atoms with Gasteiger partial charge in [-0.15, -0.1) is 24.8 Å². The molecule has 24 heavy (non-hydrogen) atoms. The Morgan fingerprint density at radius 1 is 1.08 bits per heavy atom. The molecule has 1 amide bonds. The second-order valence-corrected chi connectivity index (χ2v) is 8.20. The number of rotatable bonds is 4. The van der Waals surface area contributed by atoms with E-state index in [9.17, 15) is 4.79 Å². The zero-order valence-electron chi connectivity index (χ0n) is 15.0. The number of carbonyl (C=O) groups excluding carboxylic acids is 1. The number of amides is 1. The van der Waals surface area contributed by atoms with E-state index in [0.717, 1.165) is 51.5 Å². The normalized spacial score (nSPS) is 28.5. The van der Waals surface area contributed by atoms with Crippen molar-refractivity contribution in [2.45, 2.75) is 64.1 Å². The summed E-state index contributed by atoms with van der Waals surface area (Å²) in [5, 5.41) is 3.25. The van der Waals surface area contributed by atoms with Crippen molar-refractivity contribution in [2.75, 3.05) is 32.7 Å². The minimum Gasteiger partial charge on any atom is -0.352 e. The number of nitrogens with one attached hydrogen (secondary N) is 1. The predicted octanol–water partition coefficient (Wildman–Crippen LogP) is 1.63. The Bertz CT molecular complexity index is 409. The Kier molecular flexibility index (Phi) is 8.27. The molecule has 0 aromatic rings. The van der Waals surface area contributed by atoms with E-state index in [0.29, 0.717) is 12.6 Å².